The highest BCUT2D eigenvalue weighted by Gasteiger charge is 2.30. The number of alkyl halides is 3. The molecule has 27 heavy (non-hydrogen) atoms. The molecule has 6 heteroatoms. The molecule has 3 nitrogen and oxygen atoms in total. The molecule has 0 saturated heterocycles. The fourth-order valence-corrected chi connectivity index (χ4v) is 3.24. The van der Waals surface area contributed by atoms with Crippen molar-refractivity contribution in [2.45, 2.75) is 12.6 Å². The predicted octanol–water partition coefficient (Wildman–Crippen LogP) is 5.65. The minimum atomic E-state index is -4.40. The quantitative estimate of drug-likeness (QED) is 0.627. The van der Waals surface area contributed by atoms with Crippen LogP contribution in [0, 0.1) is 0 Å². The van der Waals surface area contributed by atoms with Crippen LogP contribution in [-0.2, 0) is 11.0 Å². The summed E-state index contributed by atoms with van der Waals surface area (Å²) in [7, 11) is 0. The summed E-state index contributed by atoms with van der Waals surface area (Å²) in [6.07, 6.45) is -2.49. The zero-order chi connectivity index (χ0) is 19.0. The van der Waals surface area contributed by atoms with Gasteiger partial charge in [-0.25, -0.2) is 0 Å². The summed E-state index contributed by atoms with van der Waals surface area (Å²) in [6.45, 7) is 0. The van der Waals surface area contributed by atoms with Gasteiger partial charge in [-0.05, 0) is 46.9 Å². The van der Waals surface area contributed by atoms with Crippen molar-refractivity contribution in [3.8, 4) is 0 Å². The van der Waals surface area contributed by atoms with E-state index in [2.05, 4.69) is 10.6 Å². The third kappa shape index (κ3) is 3.38. The minimum Gasteiger partial charge on any atom is -0.361 e. The first kappa shape index (κ1) is 17.1. The molecule has 2 N–H and O–H groups in total. The van der Waals surface area contributed by atoms with Gasteiger partial charge in [0.15, 0.2) is 0 Å². The Morgan fingerprint density at radius 1 is 0.963 bits per heavy atom. The molecule has 0 aliphatic carbocycles. The number of amides is 1. The summed E-state index contributed by atoms with van der Waals surface area (Å²) in [4.78, 5) is 12.4. The topological polar surface area (TPSA) is 41.1 Å². The van der Waals surface area contributed by atoms with Crippen LogP contribution in [0.1, 0.15) is 17.5 Å². The molecule has 0 unspecified atom stereocenters. The van der Waals surface area contributed by atoms with Gasteiger partial charge in [0.1, 0.15) is 0 Å². The number of hydrogen-bond acceptors (Lipinski definition) is 2. The molecule has 3 aromatic carbocycles. The number of carbonyl (C=O) groups is 1. The average Bonchev–Trinajstić information content (AvgIpc) is 2.64. The molecule has 0 aromatic heterocycles. The van der Waals surface area contributed by atoms with E-state index in [1.165, 1.54) is 12.1 Å². The van der Waals surface area contributed by atoms with Gasteiger partial charge in [0.2, 0.25) is 5.91 Å². The van der Waals surface area contributed by atoms with E-state index in [0.29, 0.717) is 5.69 Å². The highest BCUT2D eigenvalue weighted by atomic mass is 19.4. The molecule has 136 valence electrons. The number of carbonyl (C=O) groups excluding carboxylic acids is 1. The predicted molar refractivity (Wildman–Crippen MR) is 100 cm³/mol. The van der Waals surface area contributed by atoms with Crippen molar-refractivity contribution in [2.24, 2.45) is 0 Å². The monoisotopic (exact) mass is 368 g/mol. The molecule has 0 radical (unpaired) electrons. The van der Waals surface area contributed by atoms with Crippen LogP contribution >= 0.6 is 0 Å². The maximum atomic E-state index is 12.6. The number of rotatable bonds is 3. The van der Waals surface area contributed by atoms with Crippen LogP contribution in [0.2, 0.25) is 0 Å². The van der Waals surface area contributed by atoms with Gasteiger partial charge < -0.3 is 10.6 Å². The maximum Gasteiger partial charge on any atom is 0.416 e. The van der Waals surface area contributed by atoms with Crippen molar-refractivity contribution >= 4 is 33.6 Å². The molecule has 0 bridgehead atoms. The van der Waals surface area contributed by atoms with E-state index in [9.17, 15) is 18.0 Å². The van der Waals surface area contributed by atoms with Gasteiger partial charge in [0, 0.05) is 23.0 Å². The Bertz CT molecular complexity index is 1050. The number of nitrogens with one attached hydrogen (secondary N) is 2. The summed E-state index contributed by atoms with van der Waals surface area (Å²) < 4.78 is 37.9. The second-order valence-corrected chi connectivity index (χ2v) is 6.32. The second kappa shape index (κ2) is 6.46. The molecule has 0 fully saturated rings. The van der Waals surface area contributed by atoms with Gasteiger partial charge in [-0.15, -0.1) is 0 Å². The van der Waals surface area contributed by atoms with Crippen molar-refractivity contribution in [1.29, 1.82) is 0 Å². The van der Waals surface area contributed by atoms with E-state index in [0.717, 1.165) is 39.7 Å². The van der Waals surface area contributed by atoms with Gasteiger partial charge >= 0.3 is 6.18 Å². The van der Waals surface area contributed by atoms with Crippen molar-refractivity contribution in [1.82, 2.24) is 0 Å². The Balaban J connectivity index is 1.52. The molecule has 3 aromatic rings. The van der Waals surface area contributed by atoms with E-state index in [1.807, 2.05) is 36.4 Å². The Morgan fingerprint density at radius 2 is 1.67 bits per heavy atom. The van der Waals surface area contributed by atoms with Gasteiger partial charge in [0.25, 0.3) is 0 Å². The SMILES string of the molecule is O=C(CC1=CNc2cccc3cccc1c23)Nc1ccc(C(F)(F)F)cc1. The van der Waals surface area contributed by atoms with Crippen LogP contribution in [0.25, 0.3) is 16.3 Å². The normalized spacial score (nSPS) is 13.1. The molecule has 1 amide bonds. The lowest BCUT2D eigenvalue weighted by Gasteiger charge is -2.19. The summed E-state index contributed by atoms with van der Waals surface area (Å²) in [5, 5.41) is 7.98. The van der Waals surface area contributed by atoms with Crippen LogP contribution in [-0.4, -0.2) is 5.91 Å². The Labute approximate surface area is 153 Å². The van der Waals surface area contributed by atoms with Crippen LogP contribution in [0.4, 0.5) is 24.5 Å². The third-order valence-corrected chi connectivity index (χ3v) is 4.50. The maximum absolute atomic E-state index is 12.6. The molecule has 1 aliphatic heterocycles. The average molecular weight is 368 g/mol. The molecule has 4 rings (SSSR count). The Hall–Kier alpha value is -3.28. The summed E-state index contributed by atoms with van der Waals surface area (Å²) in [6, 6.07) is 16.3. The highest BCUT2D eigenvalue weighted by molar-refractivity contribution is 6.08. The van der Waals surface area contributed by atoms with Gasteiger partial charge in [-0.3, -0.25) is 4.79 Å². The van der Waals surface area contributed by atoms with E-state index >= 15 is 0 Å². The van der Waals surface area contributed by atoms with Gasteiger partial charge in [-0.2, -0.15) is 13.2 Å². The highest BCUT2D eigenvalue weighted by Crippen LogP contribution is 2.36. The van der Waals surface area contributed by atoms with Gasteiger partial charge in [-0.1, -0.05) is 30.3 Å². The molecule has 1 heterocycles. The number of halogens is 3. The second-order valence-electron chi connectivity index (χ2n) is 6.32. The zero-order valence-corrected chi connectivity index (χ0v) is 14.1. The standard InChI is InChI=1S/C21H15F3N2O/c22-21(23,24)15-7-9-16(10-8-15)26-19(27)11-14-12-25-18-6-2-4-13-3-1-5-17(14)20(13)18/h1-10,12,25H,11H2,(H,26,27). The molecule has 0 spiro atoms. The molecular weight excluding hydrogens is 353 g/mol. The third-order valence-electron chi connectivity index (χ3n) is 4.50. The lowest BCUT2D eigenvalue weighted by molar-refractivity contribution is -0.137. The van der Waals surface area contributed by atoms with E-state index in [1.54, 1.807) is 6.20 Å². The fourth-order valence-electron chi connectivity index (χ4n) is 3.24. The van der Waals surface area contributed by atoms with Crippen LogP contribution in [0.3, 0.4) is 0 Å². The van der Waals surface area contributed by atoms with Crippen LogP contribution < -0.4 is 10.6 Å². The van der Waals surface area contributed by atoms with Crippen LogP contribution in [0.15, 0.2) is 66.9 Å². The fraction of sp³-hybridized carbons (Fsp3) is 0.0952. The molecule has 0 atom stereocenters. The summed E-state index contributed by atoms with van der Waals surface area (Å²) in [5.74, 6) is -0.292. The summed E-state index contributed by atoms with van der Waals surface area (Å²) in [5.41, 5.74) is 2.36. The minimum absolute atomic E-state index is 0.113. The first-order valence-electron chi connectivity index (χ1n) is 8.36. The van der Waals surface area contributed by atoms with E-state index in [4.69, 9.17) is 0 Å². The lowest BCUT2D eigenvalue weighted by atomic mass is 9.93. The van der Waals surface area contributed by atoms with E-state index < -0.39 is 11.7 Å². The number of hydrogen-bond donors (Lipinski definition) is 2. The summed E-state index contributed by atoms with van der Waals surface area (Å²) >= 11 is 0. The van der Waals surface area contributed by atoms with Gasteiger partial charge in [0.05, 0.1) is 12.0 Å². The first-order valence-corrected chi connectivity index (χ1v) is 8.36. The van der Waals surface area contributed by atoms with Crippen LogP contribution in [0.5, 0.6) is 0 Å². The molecule has 1 aliphatic rings. The smallest absolute Gasteiger partial charge is 0.361 e. The lowest BCUT2D eigenvalue weighted by Crippen LogP contribution is -2.14. The Morgan fingerprint density at radius 3 is 2.37 bits per heavy atom. The largest absolute Gasteiger partial charge is 0.416 e. The van der Waals surface area contributed by atoms with Crippen molar-refractivity contribution < 1.29 is 18.0 Å². The van der Waals surface area contributed by atoms with Crippen molar-refractivity contribution in [3.63, 3.8) is 0 Å². The van der Waals surface area contributed by atoms with E-state index in [-0.39, 0.29) is 12.3 Å². The number of anilines is 2. The zero-order valence-electron chi connectivity index (χ0n) is 14.1. The molecule has 0 saturated carbocycles. The van der Waals surface area contributed by atoms with Crippen molar-refractivity contribution in [2.75, 3.05) is 10.6 Å². The van der Waals surface area contributed by atoms with Crippen molar-refractivity contribution in [3.05, 3.63) is 78.0 Å². The molecular formula is C21H15F3N2O. The number of benzene rings is 3. The Kier molecular flexibility index (Phi) is 4.11. The first-order chi connectivity index (χ1) is 12.9.